The van der Waals surface area contributed by atoms with Gasteiger partial charge in [0.05, 0.1) is 10.9 Å². The van der Waals surface area contributed by atoms with Gasteiger partial charge in [0.2, 0.25) is 0 Å². The quantitative estimate of drug-likeness (QED) is 0.685. The Kier molecular flexibility index (Phi) is 7.79. The molecule has 0 radical (unpaired) electrons. The van der Waals surface area contributed by atoms with Crippen LogP contribution in [0.2, 0.25) is 0 Å². The molecule has 3 rings (SSSR count). The van der Waals surface area contributed by atoms with Gasteiger partial charge < -0.3 is 15.1 Å². The van der Waals surface area contributed by atoms with Crippen LogP contribution < -0.4 is 10.9 Å². The van der Waals surface area contributed by atoms with E-state index in [0.29, 0.717) is 29.7 Å². The van der Waals surface area contributed by atoms with Crippen molar-refractivity contribution < 1.29 is 9.59 Å². The van der Waals surface area contributed by atoms with Crippen molar-refractivity contribution in [2.75, 3.05) is 38.5 Å². The van der Waals surface area contributed by atoms with Crippen LogP contribution in [-0.4, -0.2) is 64.4 Å². The van der Waals surface area contributed by atoms with Crippen molar-refractivity contribution in [2.24, 2.45) is 0 Å². The molecule has 1 N–H and O–H groups in total. The van der Waals surface area contributed by atoms with Gasteiger partial charge in [0.25, 0.3) is 5.56 Å². The molecule has 1 aromatic carbocycles. The molecule has 0 atom stereocenters. The number of aryl methyl sites for hydroxylation is 1. The van der Waals surface area contributed by atoms with Crippen LogP contribution in [0.25, 0.3) is 10.9 Å². The van der Waals surface area contributed by atoms with Crippen LogP contribution in [0.15, 0.2) is 23.0 Å². The third kappa shape index (κ3) is 5.50. The number of nitrogens with one attached hydrogen (secondary N) is 1. The minimum atomic E-state index is -0.701. The van der Waals surface area contributed by atoms with Crippen molar-refractivity contribution in [1.29, 1.82) is 0 Å². The van der Waals surface area contributed by atoms with Crippen molar-refractivity contribution in [3.63, 3.8) is 0 Å². The molecule has 2 amide bonds. The molecule has 1 aromatic heterocycles. The Bertz CT molecular complexity index is 997. The number of hydrogen-bond donors (Lipinski definition) is 1. The van der Waals surface area contributed by atoms with Crippen molar-refractivity contribution in [3.8, 4) is 0 Å². The van der Waals surface area contributed by atoms with E-state index in [1.54, 1.807) is 29.8 Å². The Hall–Kier alpha value is -2.74. The molecule has 1 aliphatic heterocycles. The molecule has 31 heavy (non-hydrogen) atoms. The second-order valence-electron chi connectivity index (χ2n) is 8.09. The number of anilines is 1. The van der Waals surface area contributed by atoms with E-state index in [2.05, 4.69) is 29.0 Å². The minimum Gasteiger partial charge on any atom is -0.337 e. The average Bonchev–Trinajstić information content (AvgIpc) is 3.02. The van der Waals surface area contributed by atoms with Gasteiger partial charge in [-0.3, -0.25) is 19.0 Å². The molecule has 1 aliphatic rings. The number of aromatic nitrogens is 2. The van der Waals surface area contributed by atoms with E-state index in [-0.39, 0.29) is 5.56 Å². The van der Waals surface area contributed by atoms with E-state index >= 15 is 0 Å². The van der Waals surface area contributed by atoms with E-state index in [4.69, 9.17) is 0 Å². The number of hydrogen-bond acceptors (Lipinski definition) is 5. The fourth-order valence-corrected chi connectivity index (χ4v) is 4.03. The average molecular weight is 428 g/mol. The van der Waals surface area contributed by atoms with Crippen LogP contribution >= 0.6 is 0 Å². The number of benzene rings is 1. The summed E-state index contributed by atoms with van der Waals surface area (Å²) in [6, 6.07) is 5.04. The largest absolute Gasteiger partial charge is 0.337 e. The molecule has 2 aromatic rings. The van der Waals surface area contributed by atoms with E-state index in [9.17, 15) is 14.4 Å². The predicted molar refractivity (Wildman–Crippen MR) is 122 cm³/mol. The first-order chi connectivity index (χ1) is 14.9. The Balaban J connectivity index is 1.68. The zero-order valence-corrected chi connectivity index (χ0v) is 18.8. The highest BCUT2D eigenvalue weighted by molar-refractivity contribution is 6.39. The van der Waals surface area contributed by atoms with E-state index < -0.39 is 11.8 Å². The number of amides is 2. The summed E-state index contributed by atoms with van der Waals surface area (Å²) in [6.45, 7) is 8.21. The molecule has 2 heterocycles. The first kappa shape index (κ1) is 22.9. The third-order valence-corrected chi connectivity index (χ3v) is 5.98. The minimum absolute atomic E-state index is 0.0853. The summed E-state index contributed by atoms with van der Waals surface area (Å²) in [6.07, 6.45) is 4.70. The number of rotatable bonds is 7. The van der Waals surface area contributed by atoms with Crippen LogP contribution in [-0.2, 0) is 22.6 Å². The molecular formula is C23H33N5O3. The molecule has 8 nitrogen and oxygen atoms in total. The summed E-state index contributed by atoms with van der Waals surface area (Å²) >= 11 is 0. The number of fused-ring (bicyclic) bond motifs is 2. The van der Waals surface area contributed by atoms with Crippen molar-refractivity contribution in [2.45, 2.75) is 52.5 Å². The monoisotopic (exact) mass is 427 g/mol. The molecule has 0 spiro atoms. The number of carbonyl (C=O) groups excluding carboxylic acids is 2. The highest BCUT2D eigenvalue weighted by Gasteiger charge is 2.20. The topological polar surface area (TPSA) is 87.5 Å². The normalized spacial score (nSPS) is 13.7. The van der Waals surface area contributed by atoms with Crippen molar-refractivity contribution >= 4 is 28.4 Å². The van der Waals surface area contributed by atoms with Crippen LogP contribution in [0, 0.1) is 0 Å². The Morgan fingerprint density at radius 1 is 1.13 bits per heavy atom. The molecule has 0 saturated carbocycles. The second-order valence-corrected chi connectivity index (χ2v) is 8.09. The molecule has 0 fully saturated rings. The molecule has 8 heteroatoms. The lowest BCUT2D eigenvalue weighted by Gasteiger charge is -2.21. The number of carbonyl (C=O) groups is 2. The molecule has 0 aliphatic carbocycles. The number of likely N-dealkylation sites (N-methyl/N-ethyl adjacent to an activating group) is 1. The van der Waals surface area contributed by atoms with Gasteiger partial charge in [-0.15, -0.1) is 0 Å². The van der Waals surface area contributed by atoms with Crippen molar-refractivity contribution in [3.05, 3.63) is 34.4 Å². The standard InChI is InChI=1S/C23H33N5O3/c1-4-27(5-2)14-9-13-26(3)23(31)21(29)24-17-11-12-19-18(16-17)22(30)28-15-8-6-7-10-20(28)25-19/h11-12,16H,4-10,13-15H2,1-3H3,(H,24,29). The van der Waals surface area contributed by atoms with Crippen LogP contribution in [0.1, 0.15) is 45.4 Å². The highest BCUT2D eigenvalue weighted by Crippen LogP contribution is 2.18. The summed E-state index contributed by atoms with van der Waals surface area (Å²) < 4.78 is 1.75. The summed E-state index contributed by atoms with van der Waals surface area (Å²) in [5, 5.41) is 3.10. The highest BCUT2D eigenvalue weighted by atomic mass is 16.2. The first-order valence-corrected chi connectivity index (χ1v) is 11.3. The predicted octanol–water partition coefficient (Wildman–Crippen LogP) is 2.25. The Labute approximate surface area is 183 Å². The zero-order valence-electron chi connectivity index (χ0n) is 18.8. The second kappa shape index (κ2) is 10.5. The lowest BCUT2D eigenvalue weighted by molar-refractivity contribution is -0.142. The van der Waals surface area contributed by atoms with Gasteiger partial charge in [0.15, 0.2) is 0 Å². The van der Waals surface area contributed by atoms with E-state index in [1.165, 1.54) is 4.90 Å². The van der Waals surface area contributed by atoms with E-state index in [0.717, 1.165) is 57.6 Å². The maximum atomic E-state index is 13.0. The zero-order chi connectivity index (χ0) is 22.4. The SMILES string of the molecule is CCN(CC)CCCN(C)C(=O)C(=O)Nc1ccc2nc3n(c(=O)c2c1)CCCCC3. The fourth-order valence-electron chi connectivity index (χ4n) is 4.03. The molecule has 0 bridgehead atoms. The van der Waals surface area contributed by atoms with Crippen LogP contribution in [0.3, 0.4) is 0 Å². The summed E-state index contributed by atoms with van der Waals surface area (Å²) in [5.74, 6) is -0.461. The van der Waals surface area contributed by atoms with Gasteiger partial charge in [-0.1, -0.05) is 20.3 Å². The number of nitrogens with zero attached hydrogens (tertiary/aromatic N) is 4. The van der Waals surface area contributed by atoms with Gasteiger partial charge >= 0.3 is 11.8 Å². The van der Waals surface area contributed by atoms with Crippen LogP contribution in [0.5, 0.6) is 0 Å². The lowest BCUT2D eigenvalue weighted by atomic mass is 10.2. The van der Waals surface area contributed by atoms with Gasteiger partial charge in [-0.05, 0) is 57.1 Å². The summed E-state index contributed by atoms with van der Waals surface area (Å²) in [5.41, 5.74) is 0.962. The maximum absolute atomic E-state index is 13.0. The van der Waals surface area contributed by atoms with Crippen molar-refractivity contribution in [1.82, 2.24) is 19.4 Å². The summed E-state index contributed by atoms with van der Waals surface area (Å²) in [4.78, 5) is 46.2. The Morgan fingerprint density at radius 3 is 2.65 bits per heavy atom. The van der Waals surface area contributed by atoms with Gasteiger partial charge in [0, 0.05) is 32.2 Å². The molecular weight excluding hydrogens is 394 g/mol. The maximum Gasteiger partial charge on any atom is 0.313 e. The summed E-state index contributed by atoms with van der Waals surface area (Å²) in [7, 11) is 1.64. The first-order valence-electron chi connectivity index (χ1n) is 11.3. The van der Waals surface area contributed by atoms with Gasteiger partial charge in [-0.25, -0.2) is 4.98 Å². The fraction of sp³-hybridized carbons (Fsp3) is 0.565. The lowest BCUT2D eigenvalue weighted by Crippen LogP contribution is -2.38. The smallest absolute Gasteiger partial charge is 0.313 e. The molecule has 0 unspecified atom stereocenters. The molecule has 0 saturated heterocycles. The Morgan fingerprint density at radius 2 is 1.90 bits per heavy atom. The van der Waals surface area contributed by atoms with E-state index in [1.807, 2.05) is 0 Å². The van der Waals surface area contributed by atoms with Crippen LogP contribution in [0.4, 0.5) is 5.69 Å². The molecule has 168 valence electrons. The van der Waals surface area contributed by atoms with Gasteiger partial charge in [0.1, 0.15) is 5.82 Å². The third-order valence-electron chi connectivity index (χ3n) is 5.98. The van der Waals surface area contributed by atoms with Gasteiger partial charge in [-0.2, -0.15) is 0 Å².